The molecule has 0 amide bonds. The summed E-state index contributed by atoms with van der Waals surface area (Å²) < 4.78 is 12.6. The molecule has 0 aliphatic heterocycles. The molecule has 7 heteroatoms. The summed E-state index contributed by atoms with van der Waals surface area (Å²) in [6, 6.07) is 0. The molecule has 1 atom stereocenters. The van der Waals surface area contributed by atoms with Gasteiger partial charge in [0.25, 0.3) is 5.89 Å². The largest absolute Gasteiger partial charge is 0.383 e. The van der Waals surface area contributed by atoms with E-state index in [0.29, 0.717) is 29.7 Å². The second kappa shape index (κ2) is 5.24. The molecule has 0 aliphatic rings. The minimum Gasteiger partial charge on any atom is -0.383 e. The normalized spacial score (nSPS) is 13.7. The maximum atomic E-state index is 5.91. The van der Waals surface area contributed by atoms with Gasteiger partial charge in [-0.05, 0) is 12.3 Å². The number of anilines is 1. The number of nitrogen functional groups attached to an aromatic ring is 1. The van der Waals surface area contributed by atoms with Crippen molar-refractivity contribution in [3.05, 3.63) is 12.0 Å². The lowest BCUT2D eigenvalue weighted by Crippen LogP contribution is -2.22. The highest BCUT2D eigenvalue weighted by atomic mass is 16.5. The number of rotatable bonds is 4. The first-order chi connectivity index (χ1) is 9.34. The fourth-order valence-corrected chi connectivity index (χ4v) is 1.94. The van der Waals surface area contributed by atoms with Gasteiger partial charge < -0.3 is 15.0 Å². The van der Waals surface area contributed by atoms with Crippen molar-refractivity contribution in [2.75, 3.05) is 12.3 Å². The minimum absolute atomic E-state index is 0.127. The van der Waals surface area contributed by atoms with E-state index in [0.717, 1.165) is 0 Å². The predicted octanol–water partition coefficient (Wildman–Crippen LogP) is 2.18. The zero-order chi connectivity index (χ0) is 14.9. The number of nitrogens with two attached hydrogens (primary N) is 1. The van der Waals surface area contributed by atoms with Crippen molar-refractivity contribution in [2.45, 2.75) is 33.8 Å². The van der Waals surface area contributed by atoms with Crippen molar-refractivity contribution in [1.29, 1.82) is 0 Å². The standard InChI is InChI=1S/C13H21N5O2/c1-6-19-9(13(2,3)4)11-16-12(20-17-11)8-7-15-18(5)10(8)14/h7,9H,6,14H2,1-5H3. The van der Waals surface area contributed by atoms with E-state index in [1.54, 1.807) is 17.9 Å². The molecule has 0 spiro atoms. The Balaban J connectivity index is 2.34. The first-order valence-electron chi connectivity index (χ1n) is 6.57. The summed E-state index contributed by atoms with van der Waals surface area (Å²) >= 11 is 0. The highest BCUT2D eigenvalue weighted by Crippen LogP contribution is 2.35. The molecule has 1 unspecified atom stereocenters. The van der Waals surface area contributed by atoms with E-state index < -0.39 is 0 Å². The number of ether oxygens (including phenoxy) is 1. The van der Waals surface area contributed by atoms with Gasteiger partial charge in [0.05, 0.1) is 6.20 Å². The van der Waals surface area contributed by atoms with Crippen molar-refractivity contribution in [2.24, 2.45) is 12.5 Å². The van der Waals surface area contributed by atoms with Crippen molar-refractivity contribution in [3.63, 3.8) is 0 Å². The van der Waals surface area contributed by atoms with Crippen LogP contribution < -0.4 is 5.73 Å². The summed E-state index contributed by atoms with van der Waals surface area (Å²) in [5, 5.41) is 8.09. The molecule has 2 aromatic heterocycles. The smallest absolute Gasteiger partial charge is 0.263 e. The van der Waals surface area contributed by atoms with Crippen LogP contribution in [0, 0.1) is 5.41 Å². The first kappa shape index (κ1) is 14.5. The molecule has 20 heavy (non-hydrogen) atoms. The van der Waals surface area contributed by atoms with Crippen LogP contribution in [0.3, 0.4) is 0 Å². The number of aromatic nitrogens is 4. The average molecular weight is 279 g/mol. The van der Waals surface area contributed by atoms with E-state index in [9.17, 15) is 0 Å². The minimum atomic E-state index is -0.233. The maximum Gasteiger partial charge on any atom is 0.263 e. The lowest BCUT2D eigenvalue weighted by Gasteiger charge is -2.27. The van der Waals surface area contributed by atoms with E-state index in [2.05, 4.69) is 36.0 Å². The Morgan fingerprint density at radius 1 is 1.45 bits per heavy atom. The van der Waals surface area contributed by atoms with Crippen molar-refractivity contribution in [1.82, 2.24) is 19.9 Å². The Morgan fingerprint density at radius 2 is 2.15 bits per heavy atom. The molecule has 0 aliphatic carbocycles. The quantitative estimate of drug-likeness (QED) is 0.922. The highest BCUT2D eigenvalue weighted by Gasteiger charge is 2.31. The molecular formula is C13H21N5O2. The van der Waals surface area contributed by atoms with Crippen LogP contribution in [0.25, 0.3) is 11.5 Å². The molecule has 0 fully saturated rings. The predicted molar refractivity (Wildman–Crippen MR) is 74.7 cm³/mol. The molecular weight excluding hydrogens is 258 g/mol. The van der Waals surface area contributed by atoms with Crippen molar-refractivity contribution >= 4 is 5.82 Å². The molecule has 0 bridgehead atoms. The number of hydrogen-bond donors (Lipinski definition) is 1. The molecule has 2 heterocycles. The highest BCUT2D eigenvalue weighted by molar-refractivity contribution is 5.66. The molecule has 2 N–H and O–H groups in total. The van der Waals surface area contributed by atoms with Gasteiger partial charge in [0.15, 0.2) is 0 Å². The third kappa shape index (κ3) is 2.67. The Kier molecular flexibility index (Phi) is 3.80. The fourth-order valence-electron chi connectivity index (χ4n) is 1.94. The Bertz CT molecular complexity index is 582. The van der Waals surface area contributed by atoms with Crippen LogP contribution in [-0.4, -0.2) is 26.5 Å². The van der Waals surface area contributed by atoms with Crippen LogP contribution in [0.5, 0.6) is 0 Å². The monoisotopic (exact) mass is 279 g/mol. The van der Waals surface area contributed by atoms with E-state index in [-0.39, 0.29) is 11.5 Å². The molecule has 2 aromatic rings. The van der Waals surface area contributed by atoms with Crippen LogP contribution in [0.15, 0.2) is 10.7 Å². The molecule has 110 valence electrons. The van der Waals surface area contributed by atoms with E-state index in [1.165, 1.54) is 0 Å². The van der Waals surface area contributed by atoms with Gasteiger partial charge in [0.1, 0.15) is 17.5 Å². The lowest BCUT2D eigenvalue weighted by molar-refractivity contribution is -0.0203. The van der Waals surface area contributed by atoms with E-state index in [4.69, 9.17) is 15.0 Å². The third-order valence-electron chi connectivity index (χ3n) is 3.01. The van der Waals surface area contributed by atoms with Crippen LogP contribution in [0.1, 0.15) is 39.6 Å². The van der Waals surface area contributed by atoms with Gasteiger partial charge in [-0.2, -0.15) is 10.1 Å². The zero-order valence-corrected chi connectivity index (χ0v) is 12.5. The van der Waals surface area contributed by atoms with Gasteiger partial charge in [-0.15, -0.1) is 0 Å². The summed E-state index contributed by atoms with van der Waals surface area (Å²) in [4.78, 5) is 4.40. The topological polar surface area (TPSA) is 92.0 Å². The summed E-state index contributed by atoms with van der Waals surface area (Å²) in [5.74, 6) is 1.38. The SMILES string of the molecule is CCOC(c1noc(-c2cnn(C)c2N)n1)C(C)(C)C. The molecule has 0 radical (unpaired) electrons. The van der Waals surface area contributed by atoms with Crippen LogP contribution in [-0.2, 0) is 11.8 Å². The number of nitrogens with zero attached hydrogens (tertiary/aromatic N) is 4. The molecule has 2 rings (SSSR count). The van der Waals surface area contributed by atoms with Gasteiger partial charge in [-0.25, -0.2) is 0 Å². The number of aryl methyl sites for hydroxylation is 1. The fraction of sp³-hybridized carbons (Fsp3) is 0.615. The van der Waals surface area contributed by atoms with E-state index in [1.807, 2.05) is 6.92 Å². The van der Waals surface area contributed by atoms with Crippen LogP contribution >= 0.6 is 0 Å². The average Bonchev–Trinajstić information content (AvgIpc) is 2.94. The lowest BCUT2D eigenvalue weighted by atomic mass is 9.88. The summed E-state index contributed by atoms with van der Waals surface area (Å²) in [7, 11) is 1.76. The van der Waals surface area contributed by atoms with Gasteiger partial charge in [-0.1, -0.05) is 25.9 Å². The van der Waals surface area contributed by atoms with Crippen LogP contribution in [0.4, 0.5) is 5.82 Å². The van der Waals surface area contributed by atoms with Gasteiger partial charge >= 0.3 is 0 Å². The summed E-state index contributed by atoms with van der Waals surface area (Å²) in [6.45, 7) is 8.74. The Labute approximate surface area is 118 Å². The Morgan fingerprint density at radius 3 is 2.65 bits per heavy atom. The summed E-state index contributed by atoms with van der Waals surface area (Å²) in [6.07, 6.45) is 1.38. The van der Waals surface area contributed by atoms with Crippen molar-refractivity contribution in [3.8, 4) is 11.5 Å². The Hall–Kier alpha value is -1.89. The number of hydrogen-bond acceptors (Lipinski definition) is 6. The van der Waals surface area contributed by atoms with Gasteiger partial charge in [0, 0.05) is 13.7 Å². The summed E-state index contributed by atoms with van der Waals surface area (Å²) in [5.41, 5.74) is 6.41. The first-order valence-corrected chi connectivity index (χ1v) is 6.57. The second-order valence-corrected chi connectivity index (χ2v) is 5.73. The van der Waals surface area contributed by atoms with E-state index >= 15 is 0 Å². The molecule has 0 saturated carbocycles. The van der Waals surface area contributed by atoms with Crippen molar-refractivity contribution < 1.29 is 9.26 Å². The molecule has 0 aromatic carbocycles. The third-order valence-corrected chi connectivity index (χ3v) is 3.01. The van der Waals surface area contributed by atoms with Gasteiger partial charge in [-0.3, -0.25) is 4.68 Å². The van der Waals surface area contributed by atoms with Crippen LogP contribution in [0.2, 0.25) is 0 Å². The molecule has 0 saturated heterocycles. The zero-order valence-electron chi connectivity index (χ0n) is 12.5. The van der Waals surface area contributed by atoms with Gasteiger partial charge in [0.2, 0.25) is 5.82 Å². The maximum absolute atomic E-state index is 5.91. The second-order valence-electron chi connectivity index (χ2n) is 5.73. The molecule has 7 nitrogen and oxygen atoms in total.